The monoisotopic (exact) mass is 270 g/mol. The lowest BCUT2D eigenvalue weighted by Gasteiger charge is -2.28. The number of nitrogens with one attached hydrogen (secondary N) is 1. The van der Waals surface area contributed by atoms with Crippen molar-refractivity contribution in [3.8, 4) is 0 Å². The number of anilines is 2. The van der Waals surface area contributed by atoms with Crippen molar-refractivity contribution in [1.29, 1.82) is 0 Å². The van der Waals surface area contributed by atoms with E-state index in [0.717, 1.165) is 24.2 Å². The number of aryl methyl sites for hydroxylation is 1. The van der Waals surface area contributed by atoms with Crippen LogP contribution in [0.4, 0.5) is 11.6 Å². The van der Waals surface area contributed by atoms with Crippen molar-refractivity contribution >= 4 is 11.6 Å². The summed E-state index contributed by atoms with van der Waals surface area (Å²) in [4.78, 5) is 8.27. The van der Waals surface area contributed by atoms with Gasteiger partial charge in [0.15, 0.2) is 0 Å². The van der Waals surface area contributed by atoms with E-state index >= 15 is 0 Å². The van der Waals surface area contributed by atoms with Crippen molar-refractivity contribution < 1.29 is 0 Å². The van der Waals surface area contributed by atoms with Gasteiger partial charge in [-0.25, -0.2) is 9.97 Å². The lowest BCUT2D eigenvalue weighted by atomic mass is 9.95. The predicted molar refractivity (Wildman–Crippen MR) is 83.6 cm³/mol. The molecule has 0 unspecified atom stereocenters. The first kappa shape index (κ1) is 14.3. The van der Waals surface area contributed by atoms with Crippen LogP contribution in [0.3, 0.4) is 0 Å². The van der Waals surface area contributed by atoms with E-state index in [1.807, 2.05) is 13.0 Å². The van der Waals surface area contributed by atoms with Gasteiger partial charge in [-0.2, -0.15) is 0 Å². The minimum Gasteiger partial charge on any atom is -0.383 e. The molecule has 4 heteroatoms. The van der Waals surface area contributed by atoms with Gasteiger partial charge >= 0.3 is 0 Å². The molecule has 0 saturated heterocycles. The average molecular weight is 270 g/mol. The molecule has 106 valence electrons. The van der Waals surface area contributed by atoms with Crippen molar-refractivity contribution in [3.05, 3.63) is 47.8 Å². The molecule has 0 aliphatic rings. The molecule has 1 aromatic heterocycles. The molecule has 1 heterocycles. The second-order valence-electron chi connectivity index (χ2n) is 5.73. The fraction of sp³-hybridized carbons (Fsp3) is 0.375. The van der Waals surface area contributed by atoms with E-state index < -0.39 is 0 Å². The third-order valence-electron chi connectivity index (χ3n) is 3.46. The van der Waals surface area contributed by atoms with Gasteiger partial charge in [0.2, 0.25) is 0 Å². The molecular formula is C16H22N4. The largest absolute Gasteiger partial charge is 0.383 e. The number of nitrogens with zero attached hydrogens (tertiary/aromatic N) is 2. The van der Waals surface area contributed by atoms with E-state index in [4.69, 9.17) is 5.73 Å². The third kappa shape index (κ3) is 3.70. The zero-order valence-corrected chi connectivity index (χ0v) is 12.4. The molecule has 1 aromatic carbocycles. The van der Waals surface area contributed by atoms with Crippen LogP contribution in [0, 0.1) is 6.92 Å². The Bertz CT molecular complexity index is 564. The summed E-state index contributed by atoms with van der Waals surface area (Å²) < 4.78 is 0. The molecule has 0 aliphatic heterocycles. The molecule has 2 rings (SSSR count). The maximum absolute atomic E-state index is 5.81. The van der Waals surface area contributed by atoms with Crippen molar-refractivity contribution in [2.24, 2.45) is 0 Å². The summed E-state index contributed by atoms with van der Waals surface area (Å²) in [6.07, 6.45) is 3.54. The summed E-state index contributed by atoms with van der Waals surface area (Å²) in [5.74, 6) is 1.34. The van der Waals surface area contributed by atoms with Crippen LogP contribution in [-0.2, 0) is 6.42 Å². The first-order valence-corrected chi connectivity index (χ1v) is 6.87. The fourth-order valence-electron chi connectivity index (χ4n) is 2.07. The molecule has 2 aromatic rings. The van der Waals surface area contributed by atoms with Crippen LogP contribution in [0.5, 0.6) is 0 Å². The summed E-state index contributed by atoms with van der Waals surface area (Å²) in [6, 6.07) is 10.5. The van der Waals surface area contributed by atoms with Gasteiger partial charge in [0.1, 0.15) is 18.0 Å². The van der Waals surface area contributed by atoms with E-state index in [9.17, 15) is 0 Å². The molecule has 4 nitrogen and oxygen atoms in total. The number of benzene rings is 1. The number of rotatable bonds is 5. The fourth-order valence-corrected chi connectivity index (χ4v) is 2.07. The number of nitrogen functional groups attached to an aromatic ring is 1. The van der Waals surface area contributed by atoms with Crippen molar-refractivity contribution in [2.45, 2.75) is 39.2 Å². The lowest BCUT2D eigenvalue weighted by molar-refractivity contribution is 0.516. The van der Waals surface area contributed by atoms with Crippen LogP contribution >= 0.6 is 0 Å². The van der Waals surface area contributed by atoms with E-state index in [1.165, 1.54) is 11.9 Å². The second-order valence-corrected chi connectivity index (χ2v) is 5.73. The van der Waals surface area contributed by atoms with E-state index in [0.29, 0.717) is 5.82 Å². The van der Waals surface area contributed by atoms with Gasteiger partial charge < -0.3 is 11.1 Å². The van der Waals surface area contributed by atoms with Gasteiger partial charge in [-0.15, -0.1) is 0 Å². The minimum atomic E-state index is -0.0542. The van der Waals surface area contributed by atoms with Gasteiger partial charge in [0.25, 0.3) is 0 Å². The van der Waals surface area contributed by atoms with E-state index in [-0.39, 0.29) is 5.54 Å². The van der Waals surface area contributed by atoms with Gasteiger partial charge in [-0.1, -0.05) is 30.3 Å². The molecule has 0 spiro atoms. The van der Waals surface area contributed by atoms with Crippen LogP contribution < -0.4 is 11.1 Å². The summed E-state index contributed by atoms with van der Waals surface area (Å²) in [6.45, 7) is 6.28. The Morgan fingerprint density at radius 3 is 2.55 bits per heavy atom. The first-order valence-electron chi connectivity index (χ1n) is 6.87. The molecule has 0 radical (unpaired) electrons. The normalized spacial score (nSPS) is 11.3. The minimum absolute atomic E-state index is 0.0542. The Labute approximate surface area is 120 Å². The number of hydrogen-bond acceptors (Lipinski definition) is 4. The average Bonchev–Trinajstić information content (AvgIpc) is 2.43. The van der Waals surface area contributed by atoms with Crippen LogP contribution in [0.25, 0.3) is 0 Å². The topological polar surface area (TPSA) is 63.8 Å². The van der Waals surface area contributed by atoms with Crippen molar-refractivity contribution in [1.82, 2.24) is 9.97 Å². The van der Waals surface area contributed by atoms with E-state index in [2.05, 4.69) is 53.4 Å². The number of nitrogens with two attached hydrogens (primary N) is 1. The first-order chi connectivity index (χ1) is 9.48. The van der Waals surface area contributed by atoms with Gasteiger partial charge in [-0.3, -0.25) is 0 Å². The summed E-state index contributed by atoms with van der Waals surface area (Å²) in [5.41, 5.74) is 8.01. The maximum Gasteiger partial charge on any atom is 0.134 e. The molecule has 0 amide bonds. The molecule has 0 bridgehead atoms. The van der Waals surface area contributed by atoms with Gasteiger partial charge in [-0.05, 0) is 39.2 Å². The summed E-state index contributed by atoms with van der Waals surface area (Å²) >= 11 is 0. The van der Waals surface area contributed by atoms with Crippen LogP contribution in [-0.4, -0.2) is 15.5 Å². The molecule has 0 atom stereocenters. The summed E-state index contributed by atoms with van der Waals surface area (Å²) in [5, 5.41) is 3.47. The SMILES string of the molecule is Cc1c(N)ncnc1NC(C)(C)CCc1ccccc1. The highest BCUT2D eigenvalue weighted by Crippen LogP contribution is 2.22. The Balaban J connectivity index is 2.02. The highest BCUT2D eigenvalue weighted by molar-refractivity contribution is 5.54. The Hall–Kier alpha value is -2.10. The molecule has 20 heavy (non-hydrogen) atoms. The Kier molecular flexibility index (Phi) is 4.23. The smallest absolute Gasteiger partial charge is 0.134 e. The molecule has 0 fully saturated rings. The zero-order valence-electron chi connectivity index (χ0n) is 12.4. The lowest BCUT2D eigenvalue weighted by Crippen LogP contribution is -2.32. The second kappa shape index (κ2) is 5.90. The highest BCUT2D eigenvalue weighted by Gasteiger charge is 2.19. The van der Waals surface area contributed by atoms with E-state index in [1.54, 1.807) is 0 Å². The Morgan fingerprint density at radius 1 is 1.15 bits per heavy atom. The standard InChI is InChI=1S/C16H22N4/c1-12-14(17)18-11-19-15(12)20-16(2,3)10-9-13-7-5-4-6-8-13/h4-8,11H,9-10H2,1-3H3,(H3,17,18,19,20). The van der Waals surface area contributed by atoms with Crippen molar-refractivity contribution in [2.75, 3.05) is 11.1 Å². The van der Waals surface area contributed by atoms with Gasteiger partial charge in [0.05, 0.1) is 0 Å². The highest BCUT2D eigenvalue weighted by atomic mass is 15.1. The quantitative estimate of drug-likeness (QED) is 0.875. The van der Waals surface area contributed by atoms with Gasteiger partial charge in [0, 0.05) is 11.1 Å². The maximum atomic E-state index is 5.81. The molecule has 3 N–H and O–H groups in total. The van der Waals surface area contributed by atoms with Crippen LogP contribution in [0.1, 0.15) is 31.4 Å². The summed E-state index contributed by atoms with van der Waals surface area (Å²) in [7, 11) is 0. The van der Waals surface area contributed by atoms with Crippen LogP contribution in [0.15, 0.2) is 36.7 Å². The number of aromatic nitrogens is 2. The third-order valence-corrected chi connectivity index (χ3v) is 3.46. The Morgan fingerprint density at radius 2 is 1.85 bits per heavy atom. The molecule has 0 saturated carbocycles. The van der Waals surface area contributed by atoms with Crippen molar-refractivity contribution in [3.63, 3.8) is 0 Å². The molecule has 0 aliphatic carbocycles. The van der Waals surface area contributed by atoms with Crippen LogP contribution in [0.2, 0.25) is 0 Å². The number of hydrogen-bond donors (Lipinski definition) is 2. The zero-order chi connectivity index (χ0) is 14.6. The predicted octanol–water partition coefficient (Wildman–Crippen LogP) is 3.19. The molecular weight excluding hydrogens is 248 g/mol.